The lowest BCUT2D eigenvalue weighted by atomic mass is 10.00. The van der Waals surface area contributed by atoms with Crippen LogP contribution in [0.2, 0.25) is 0 Å². The van der Waals surface area contributed by atoms with Gasteiger partial charge in [-0.05, 0) is 83.9 Å². The van der Waals surface area contributed by atoms with E-state index in [0.717, 1.165) is 79.7 Å². The number of hydrogen-bond acceptors (Lipinski definition) is 5. The Morgan fingerprint density at radius 1 is 0.341 bits per heavy atom. The van der Waals surface area contributed by atoms with Crippen molar-refractivity contribution >= 4 is 34.1 Å². The SMILES string of the molecule is c1ccc(N2c3ccccc3Oc3ccc(-c4ccc5c(c4)N4c6ccccc6Oc6cccc(c64)O5)cc32)cc1. The highest BCUT2D eigenvalue weighted by Gasteiger charge is 2.34. The van der Waals surface area contributed by atoms with E-state index in [9.17, 15) is 0 Å². The van der Waals surface area contributed by atoms with E-state index >= 15 is 0 Å². The molecule has 194 valence electrons. The fourth-order valence-electron chi connectivity index (χ4n) is 5.97. The summed E-state index contributed by atoms with van der Waals surface area (Å²) in [7, 11) is 0. The number of rotatable bonds is 2. The van der Waals surface area contributed by atoms with E-state index in [4.69, 9.17) is 14.2 Å². The fourth-order valence-corrected chi connectivity index (χ4v) is 5.97. The molecule has 0 bridgehead atoms. The van der Waals surface area contributed by atoms with Crippen LogP contribution in [0.3, 0.4) is 0 Å². The molecule has 0 saturated heterocycles. The molecule has 0 aromatic heterocycles. The smallest absolute Gasteiger partial charge is 0.155 e. The lowest BCUT2D eigenvalue weighted by Gasteiger charge is -2.38. The zero-order valence-corrected chi connectivity index (χ0v) is 21.8. The summed E-state index contributed by atoms with van der Waals surface area (Å²) in [5.41, 5.74) is 8.11. The number of nitrogens with zero attached hydrogens (tertiary/aromatic N) is 2. The quantitative estimate of drug-likeness (QED) is 0.222. The van der Waals surface area contributed by atoms with Crippen LogP contribution in [0, 0.1) is 0 Å². The molecule has 0 saturated carbocycles. The molecule has 0 fully saturated rings. The fraction of sp³-hybridized carbons (Fsp3) is 0. The second-order valence-corrected chi connectivity index (χ2v) is 10.2. The highest BCUT2D eigenvalue weighted by atomic mass is 16.5. The van der Waals surface area contributed by atoms with Crippen LogP contribution in [-0.4, -0.2) is 0 Å². The minimum Gasteiger partial charge on any atom is -0.453 e. The first-order valence-corrected chi connectivity index (χ1v) is 13.6. The zero-order chi connectivity index (χ0) is 26.9. The van der Waals surface area contributed by atoms with E-state index in [1.807, 2.05) is 60.7 Å². The maximum atomic E-state index is 6.38. The van der Waals surface area contributed by atoms with Gasteiger partial charge in [0.05, 0.1) is 22.7 Å². The third-order valence-electron chi connectivity index (χ3n) is 7.81. The van der Waals surface area contributed by atoms with Crippen molar-refractivity contribution in [2.75, 3.05) is 9.80 Å². The first kappa shape index (κ1) is 22.2. The molecule has 3 aliphatic heterocycles. The maximum absolute atomic E-state index is 6.38. The summed E-state index contributed by atoms with van der Waals surface area (Å²) in [4.78, 5) is 4.51. The van der Waals surface area contributed by atoms with Gasteiger partial charge in [-0.3, -0.25) is 4.90 Å². The van der Waals surface area contributed by atoms with Crippen LogP contribution in [0.1, 0.15) is 0 Å². The van der Waals surface area contributed by atoms with Crippen molar-refractivity contribution in [1.29, 1.82) is 0 Å². The van der Waals surface area contributed by atoms with Crippen LogP contribution >= 0.6 is 0 Å². The Bertz CT molecular complexity index is 1990. The van der Waals surface area contributed by atoms with Crippen LogP contribution < -0.4 is 24.0 Å². The lowest BCUT2D eigenvalue weighted by Crippen LogP contribution is -2.20. The summed E-state index contributed by atoms with van der Waals surface area (Å²) in [6, 6.07) is 45.4. The molecule has 0 atom stereocenters. The summed E-state index contributed by atoms with van der Waals surface area (Å²) in [6.07, 6.45) is 0. The van der Waals surface area contributed by atoms with Crippen molar-refractivity contribution < 1.29 is 14.2 Å². The molecule has 0 unspecified atom stereocenters. The lowest BCUT2D eigenvalue weighted by molar-refractivity contribution is 0.446. The summed E-state index contributed by atoms with van der Waals surface area (Å²) in [6.45, 7) is 0. The molecule has 41 heavy (non-hydrogen) atoms. The molecule has 0 spiro atoms. The number of anilines is 6. The largest absolute Gasteiger partial charge is 0.453 e. The first-order chi connectivity index (χ1) is 20.3. The highest BCUT2D eigenvalue weighted by Crippen LogP contribution is 2.60. The monoisotopic (exact) mass is 530 g/mol. The van der Waals surface area contributed by atoms with Gasteiger partial charge >= 0.3 is 0 Å². The Morgan fingerprint density at radius 2 is 0.805 bits per heavy atom. The Morgan fingerprint density at radius 3 is 1.44 bits per heavy atom. The van der Waals surface area contributed by atoms with Gasteiger partial charge in [-0.25, -0.2) is 0 Å². The second kappa shape index (κ2) is 8.41. The second-order valence-electron chi connectivity index (χ2n) is 10.2. The van der Waals surface area contributed by atoms with Gasteiger partial charge in [0, 0.05) is 5.69 Å². The van der Waals surface area contributed by atoms with E-state index in [1.54, 1.807) is 0 Å². The molecule has 0 N–H and O–H groups in total. The Hall–Kier alpha value is -5.68. The molecule has 9 rings (SSSR count). The van der Waals surface area contributed by atoms with Gasteiger partial charge in [-0.1, -0.05) is 60.7 Å². The molecular weight excluding hydrogens is 508 g/mol. The van der Waals surface area contributed by atoms with Crippen LogP contribution in [0.5, 0.6) is 34.5 Å². The van der Waals surface area contributed by atoms with Crippen LogP contribution in [0.4, 0.5) is 34.1 Å². The normalized spacial score (nSPS) is 13.4. The predicted octanol–water partition coefficient (Wildman–Crippen LogP) is 10.6. The molecule has 5 heteroatoms. The molecule has 5 nitrogen and oxygen atoms in total. The average molecular weight is 531 g/mol. The molecule has 3 heterocycles. The van der Waals surface area contributed by atoms with E-state index < -0.39 is 0 Å². The molecule has 6 aromatic carbocycles. The maximum Gasteiger partial charge on any atom is 0.155 e. The molecule has 0 amide bonds. The van der Waals surface area contributed by atoms with E-state index in [0.29, 0.717) is 0 Å². The van der Waals surface area contributed by atoms with Gasteiger partial charge in [-0.2, -0.15) is 0 Å². The average Bonchev–Trinajstić information content (AvgIpc) is 3.03. The van der Waals surface area contributed by atoms with E-state index in [2.05, 4.69) is 82.6 Å². The molecular formula is C36H22N2O3. The number of fused-ring (bicyclic) bond motifs is 6. The van der Waals surface area contributed by atoms with Crippen molar-refractivity contribution in [1.82, 2.24) is 0 Å². The minimum atomic E-state index is 0.778. The van der Waals surface area contributed by atoms with E-state index in [-0.39, 0.29) is 0 Å². The minimum absolute atomic E-state index is 0.778. The first-order valence-electron chi connectivity index (χ1n) is 13.6. The topological polar surface area (TPSA) is 34.2 Å². The van der Waals surface area contributed by atoms with Crippen molar-refractivity contribution in [3.05, 3.63) is 133 Å². The van der Waals surface area contributed by atoms with Crippen molar-refractivity contribution in [3.63, 3.8) is 0 Å². The molecule has 3 aliphatic rings. The Labute approximate surface area is 237 Å². The molecule has 0 aliphatic carbocycles. The van der Waals surface area contributed by atoms with Crippen LogP contribution in [0.15, 0.2) is 133 Å². The number of benzene rings is 6. The standard InChI is InChI=1S/C36H22N2O3/c1-2-9-25(10-3-1)37-26-11-4-6-13-30(26)39-32-19-17-23(21-28(32)37)24-18-20-33-29(22-24)38-27-12-5-7-14-31(27)40-34-15-8-16-35(41-33)36(34)38/h1-22H. The summed E-state index contributed by atoms with van der Waals surface area (Å²) >= 11 is 0. The van der Waals surface area contributed by atoms with Gasteiger partial charge in [0.2, 0.25) is 0 Å². The van der Waals surface area contributed by atoms with Crippen molar-refractivity contribution in [3.8, 4) is 45.6 Å². The van der Waals surface area contributed by atoms with Gasteiger partial charge in [0.25, 0.3) is 0 Å². The third-order valence-corrected chi connectivity index (χ3v) is 7.81. The number of ether oxygens (including phenoxy) is 3. The Kier molecular flexibility index (Phi) is 4.55. The highest BCUT2D eigenvalue weighted by molar-refractivity contribution is 5.95. The van der Waals surface area contributed by atoms with Gasteiger partial charge in [0.1, 0.15) is 5.69 Å². The summed E-state index contributed by atoms with van der Waals surface area (Å²) in [5.74, 6) is 4.83. The van der Waals surface area contributed by atoms with Gasteiger partial charge in [-0.15, -0.1) is 0 Å². The van der Waals surface area contributed by atoms with Crippen molar-refractivity contribution in [2.24, 2.45) is 0 Å². The molecule has 0 radical (unpaired) electrons. The number of hydrogen-bond donors (Lipinski definition) is 0. The van der Waals surface area contributed by atoms with Crippen LogP contribution in [-0.2, 0) is 0 Å². The summed E-state index contributed by atoms with van der Waals surface area (Å²) in [5, 5.41) is 0. The van der Waals surface area contributed by atoms with Gasteiger partial charge in [0.15, 0.2) is 34.5 Å². The van der Waals surface area contributed by atoms with Gasteiger partial charge < -0.3 is 19.1 Å². The van der Waals surface area contributed by atoms with Crippen molar-refractivity contribution in [2.45, 2.75) is 0 Å². The number of para-hydroxylation sites is 6. The molecule has 6 aromatic rings. The predicted molar refractivity (Wildman–Crippen MR) is 161 cm³/mol. The summed E-state index contributed by atoms with van der Waals surface area (Å²) < 4.78 is 19.0. The van der Waals surface area contributed by atoms with E-state index in [1.165, 1.54) is 0 Å². The third kappa shape index (κ3) is 3.29. The van der Waals surface area contributed by atoms with Crippen LogP contribution in [0.25, 0.3) is 11.1 Å². The Balaban J connectivity index is 1.20. The zero-order valence-electron chi connectivity index (χ0n) is 21.8.